The van der Waals surface area contributed by atoms with E-state index in [1.165, 1.54) is 0 Å². The first kappa shape index (κ1) is 11.4. The van der Waals surface area contributed by atoms with E-state index < -0.39 is 0 Å². The lowest BCUT2D eigenvalue weighted by Gasteiger charge is -2.60. The van der Waals surface area contributed by atoms with E-state index in [0.717, 1.165) is 50.9 Å². The number of oxime groups is 1. The molecule has 0 amide bonds. The van der Waals surface area contributed by atoms with E-state index in [9.17, 15) is 5.21 Å². The van der Waals surface area contributed by atoms with Gasteiger partial charge in [-0.1, -0.05) is 35.5 Å². The quantitative estimate of drug-likeness (QED) is 0.481. The Hall–Kier alpha value is -1.43. The van der Waals surface area contributed by atoms with Crippen LogP contribution in [-0.4, -0.2) is 65.3 Å². The van der Waals surface area contributed by atoms with E-state index in [-0.39, 0.29) is 5.41 Å². The molecule has 4 aliphatic heterocycles. The predicted octanol–water partition coefficient (Wildman–Crippen LogP) is 0.671. The number of hydrogen-bond donors (Lipinski definition) is 1. The van der Waals surface area contributed by atoms with Gasteiger partial charge in [-0.15, -0.1) is 0 Å². The smallest absolute Gasteiger partial charge is 0.0967 e. The van der Waals surface area contributed by atoms with E-state index in [4.69, 9.17) is 0 Å². The Morgan fingerprint density at radius 2 is 1.47 bits per heavy atom. The Labute approximate surface area is 112 Å². The highest BCUT2D eigenvalue weighted by atomic mass is 16.4. The minimum atomic E-state index is -0.0507. The van der Waals surface area contributed by atoms with Crippen LogP contribution in [0.5, 0.6) is 0 Å². The van der Waals surface area contributed by atoms with Crippen LogP contribution in [-0.2, 0) is 0 Å². The Morgan fingerprint density at radius 1 is 0.947 bits per heavy atom. The zero-order valence-corrected chi connectivity index (χ0v) is 10.9. The molecule has 100 valence electrons. The van der Waals surface area contributed by atoms with Gasteiger partial charge in [-0.25, -0.2) is 0 Å². The molecule has 1 N–H and O–H groups in total. The standard InChI is InChI=1S/C14H18N4O/c19-15-13(12-4-2-1-3-5-12)14-6-16-9-17(7-14)11-18(8-14)10-16/h1-5,19H,6-11H2/b15-13-. The second kappa shape index (κ2) is 4.03. The maximum absolute atomic E-state index is 9.57. The van der Waals surface area contributed by atoms with E-state index in [0.29, 0.717) is 0 Å². The van der Waals surface area contributed by atoms with Crippen LogP contribution in [0.25, 0.3) is 0 Å². The minimum Gasteiger partial charge on any atom is -0.411 e. The maximum Gasteiger partial charge on any atom is 0.0967 e. The van der Waals surface area contributed by atoms with Gasteiger partial charge in [0.1, 0.15) is 0 Å². The van der Waals surface area contributed by atoms with Gasteiger partial charge in [-0.2, -0.15) is 0 Å². The lowest BCUT2D eigenvalue weighted by molar-refractivity contribution is -0.149. The first-order valence-electron chi connectivity index (χ1n) is 6.74. The lowest BCUT2D eigenvalue weighted by Crippen LogP contribution is -2.74. The Morgan fingerprint density at radius 3 is 1.95 bits per heavy atom. The largest absolute Gasteiger partial charge is 0.411 e. The molecule has 5 rings (SSSR count). The van der Waals surface area contributed by atoms with Crippen molar-refractivity contribution in [3.05, 3.63) is 35.9 Å². The van der Waals surface area contributed by atoms with Crippen molar-refractivity contribution >= 4 is 5.71 Å². The lowest BCUT2D eigenvalue weighted by atomic mass is 9.74. The molecule has 5 heteroatoms. The van der Waals surface area contributed by atoms with Crippen LogP contribution in [0.3, 0.4) is 0 Å². The first-order valence-corrected chi connectivity index (χ1v) is 6.74. The van der Waals surface area contributed by atoms with Gasteiger partial charge in [0.25, 0.3) is 0 Å². The second-order valence-corrected chi connectivity index (χ2v) is 6.01. The molecule has 4 saturated heterocycles. The third kappa shape index (κ3) is 1.69. The monoisotopic (exact) mass is 258 g/mol. The molecule has 0 unspecified atom stereocenters. The summed E-state index contributed by atoms with van der Waals surface area (Å²) in [7, 11) is 0. The average molecular weight is 258 g/mol. The zero-order chi connectivity index (χ0) is 12.9. The summed E-state index contributed by atoms with van der Waals surface area (Å²) in [4.78, 5) is 7.31. The van der Waals surface area contributed by atoms with E-state index in [1.54, 1.807) is 0 Å². The zero-order valence-electron chi connectivity index (χ0n) is 10.9. The van der Waals surface area contributed by atoms with Crippen LogP contribution in [0.15, 0.2) is 35.5 Å². The molecule has 1 aromatic rings. The fourth-order valence-electron chi connectivity index (χ4n) is 4.01. The molecule has 0 aliphatic carbocycles. The highest BCUT2D eigenvalue weighted by molar-refractivity contribution is 6.05. The average Bonchev–Trinajstić information content (AvgIpc) is 2.38. The van der Waals surface area contributed by atoms with Crippen LogP contribution >= 0.6 is 0 Å². The molecule has 4 heterocycles. The van der Waals surface area contributed by atoms with Gasteiger partial charge in [0.15, 0.2) is 0 Å². The van der Waals surface area contributed by atoms with Crippen molar-refractivity contribution in [2.24, 2.45) is 10.6 Å². The Bertz CT molecular complexity index is 478. The van der Waals surface area contributed by atoms with Crippen molar-refractivity contribution in [3.8, 4) is 0 Å². The highest BCUT2D eigenvalue weighted by Gasteiger charge is 2.51. The van der Waals surface area contributed by atoms with Crippen molar-refractivity contribution in [1.29, 1.82) is 0 Å². The van der Waals surface area contributed by atoms with Crippen molar-refractivity contribution < 1.29 is 5.21 Å². The third-order valence-corrected chi connectivity index (χ3v) is 4.43. The van der Waals surface area contributed by atoms with Crippen LogP contribution in [0.4, 0.5) is 0 Å². The fourth-order valence-corrected chi connectivity index (χ4v) is 4.01. The van der Waals surface area contributed by atoms with Crippen LogP contribution < -0.4 is 0 Å². The summed E-state index contributed by atoms with van der Waals surface area (Å²) >= 11 is 0. The van der Waals surface area contributed by atoms with Crippen molar-refractivity contribution in [2.45, 2.75) is 0 Å². The van der Waals surface area contributed by atoms with Gasteiger partial charge in [0.05, 0.1) is 31.1 Å². The molecule has 4 fully saturated rings. The van der Waals surface area contributed by atoms with E-state index in [1.807, 2.05) is 30.3 Å². The Balaban J connectivity index is 1.74. The number of hydrogen-bond acceptors (Lipinski definition) is 5. The molecule has 0 atom stereocenters. The van der Waals surface area contributed by atoms with Crippen molar-refractivity contribution in [2.75, 3.05) is 39.6 Å². The van der Waals surface area contributed by atoms with Crippen LogP contribution in [0.1, 0.15) is 5.56 Å². The van der Waals surface area contributed by atoms with E-state index >= 15 is 0 Å². The normalized spacial score (nSPS) is 40.6. The topological polar surface area (TPSA) is 42.3 Å². The minimum absolute atomic E-state index is 0.0507. The summed E-state index contributed by atoms with van der Waals surface area (Å²) < 4.78 is 0. The molecule has 1 aromatic carbocycles. The molecule has 0 radical (unpaired) electrons. The third-order valence-electron chi connectivity index (χ3n) is 4.43. The van der Waals surface area contributed by atoms with Gasteiger partial charge in [0.2, 0.25) is 0 Å². The number of nitrogens with zero attached hydrogens (tertiary/aromatic N) is 4. The predicted molar refractivity (Wildman–Crippen MR) is 71.9 cm³/mol. The first-order chi connectivity index (χ1) is 9.29. The molecule has 0 aromatic heterocycles. The summed E-state index contributed by atoms with van der Waals surface area (Å²) in [5.74, 6) is 0. The number of rotatable bonds is 2. The summed E-state index contributed by atoms with van der Waals surface area (Å²) in [6.07, 6.45) is 0. The van der Waals surface area contributed by atoms with E-state index in [2.05, 4.69) is 19.9 Å². The van der Waals surface area contributed by atoms with Gasteiger partial charge < -0.3 is 5.21 Å². The number of benzene rings is 1. The van der Waals surface area contributed by atoms with Gasteiger partial charge in [-0.3, -0.25) is 14.7 Å². The van der Waals surface area contributed by atoms with Crippen molar-refractivity contribution in [3.63, 3.8) is 0 Å². The Kier molecular flexibility index (Phi) is 2.42. The van der Waals surface area contributed by atoms with Gasteiger partial charge in [-0.05, 0) is 0 Å². The summed E-state index contributed by atoms with van der Waals surface area (Å²) in [6, 6.07) is 10.1. The molecular weight excluding hydrogens is 240 g/mol. The van der Waals surface area contributed by atoms with Crippen LogP contribution in [0.2, 0.25) is 0 Å². The van der Waals surface area contributed by atoms with Crippen molar-refractivity contribution in [1.82, 2.24) is 14.7 Å². The van der Waals surface area contributed by atoms with Gasteiger partial charge >= 0.3 is 0 Å². The molecule has 0 saturated carbocycles. The molecule has 19 heavy (non-hydrogen) atoms. The summed E-state index contributed by atoms with van der Waals surface area (Å²) in [5, 5.41) is 13.3. The molecule has 5 nitrogen and oxygen atoms in total. The SMILES string of the molecule is O/N=C(/c1ccccc1)C12CN3CN(CN(C3)C1)C2. The highest BCUT2D eigenvalue weighted by Crippen LogP contribution is 2.38. The van der Waals surface area contributed by atoms with Crippen LogP contribution in [0, 0.1) is 5.41 Å². The second-order valence-electron chi connectivity index (χ2n) is 6.01. The molecule has 4 bridgehead atoms. The summed E-state index contributed by atoms with van der Waals surface area (Å²) in [5.41, 5.74) is 1.83. The molecule has 0 spiro atoms. The molecule has 4 aliphatic rings. The maximum atomic E-state index is 9.57. The summed E-state index contributed by atoms with van der Waals surface area (Å²) in [6.45, 7) is 6.13. The molecular formula is C14H18N4O. The van der Waals surface area contributed by atoms with Gasteiger partial charge in [0, 0.05) is 25.2 Å². The fraction of sp³-hybridized carbons (Fsp3) is 0.500.